The molecule has 2 atom stereocenters. The van der Waals surface area contributed by atoms with Crippen LogP contribution in [0.25, 0.3) is 0 Å². The smallest absolute Gasteiger partial charge is 0.407 e. The molecular formula is C23H37N3O5. The van der Waals surface area contributed by atoms with E-state index in [1.165, 1.54) is 5.56 Å². The van der Waals surface area contributed by atoms with Gasteiger partial charge in [-0.1, -0.05) is 24.3 Å². The third kappa shape index (κ3) is 12.6. The van der Waals surface area contributed by atoms with Gasteiger partial charge in [0.25, 0.3) is 0 Å². The Morgan fingerprint density at radius 3 is 2.10 bits per heavy atom. The number of hydrogen-bond acceptors (Lipinski definition) is 5. The first-order chi connectivity index (χ1) is 14.5. The fourth-order valence-electron chi connectivity index (χ4n) is 2.96. The van der Waals surface area contributed by atoms with E-state index >= 15 is 0 Å². The Kier molecular flexibility index (Phi) is 11.0. The molecule has 174 valence electrons. The van der Waals surface area contributed by atoms with E-state index in [0.717, 1.165) is 24.8 Å². The van der Waals surface area contributed by atoms with Gasteiger partial charge in [-0.05, 0) is 64.5 Å². The third-order valence-electron chi connectivity index (χ3n) is 4.64. The van der Waals surface area contributed by atoms with Crippen molar-refractivity contribution in [2.75, 3.05) is 0 Å². The number of nitrogens with one attached hydrogen (secondary N) is 1. The average molecular weight is 436 g/mol. The SMILES string of the molecule is C[C@@H](OCc1ccc(CCCCC(N)=O)cc1)C(CCC(N)=O)NC(=O)OC(C)(C)C. The second-order valence-corrected chi connectivity index (χ2v) is 8.76. The topological polar surface area (TPSA) is 134 Å². The Morgan fingerprint density at radius 1 is 0.968 bits per heavy atom. The number of aryl methyl sites for hydroxylation is 1. The maximum Gasteiger partial charge on any atom is 0.407 e. The Balaban J connectivity index is 2.57. The van der Waals surface area contributed by atoms with Crippen LogP contribution in [-0.4, -0.2) is 35.7 Å². The van der Waals surface area contributed by atoms with Crippen LogP contribution >= 0.6 is 0 Å². The molecule has 0 radical (unpaired) electrons. The molecule has 0 fully saturated rings. The largest absolute Gasteiger partial charge is 0.444 e. The van der Waals surface area contributed by atoms with Crippen LogP contribution < -0.4 is 16.8 Å². The number of alkyl carbamates (subject to hydrolysis) is 1. The highest BCUT2D eigenvalue weighted by molar-refractivity contribution is 5.74. The molecule has 0 aromatic heterocycles. The Bertz CT molecular complexity index is 713. The van der Waals surface area contributed by atoms with Crippen LogP contribution in [0, 0.1) is 0 Å². The second kappa shape index (κ2) is 12.9. The lowest BCUT2D eigenvalue weighted by atomic mass is 10.0. The highest BCUT2D eigenvalue weighted by atomic mass is 16.6. The van der Waals surface area contributed by atoms with Crippen molar-refractivity contribution < 1.29 is 23.9 Å². The van der Waals surface area contributed by atoms with Gasteiger partial charge in [-0.25, -0.2) is 4.79 Å². The molecule has 0 spiro atoms. The zero-order valence-corrected chi connectivity index (χ0v) is 19.1. The highest BCUT2D eigenvalue weighted by Crippen LogP contribution is 2.14. The van der Waals surface area contributed by atoms with Gasteiger partial charge in [0.15, 0.2) is 0 Å². The molecule has 1 aromatic rings. The molecule has 0 heterocycles. The molecule has 5 N–H and O–H groups in total. The maximum atomic E-state index is 12.1. The Hall–Kier alpha value is -2.61. The molecule has 3 amide bonds. The van der Waals surface area contributed by atoms with E-state index in [0.29, 0.717) is 19.4 Å². The van der Waals surface area contributed by atoms with Crippen LogP contribution in [0.3, 0.4) is 0 Å². The number of unbranched alkanes of at least 4 members (excludes halogenated alkanes) is 1. The predicted molar refractivity (Wildman–Crippen MR) is 119 cm³/mol. The van der Waals surface area contributed by atoms with E-state index in [1.807, 2.05) is 31.2 Å². The van der Waals surface area contributed by atoms with Crippen LogP contribution in [0.15, 0.2) is 24.3 Å². The fourth-order valence-corrected chi connectivity index (χ4v) is 2.96. The van der Waals surface area contributed by atoms with Crippen molar-refractivity contribution >= 4 is 17.9 Å². The van der Waals surface area contributed by atoms with Gasteiger partial charge in [0, 0.05) is 12.8 Å². The summed E-state index contributed by atoms with van der Waals surface area (Å²) in [6, 6.07) is 7.66. The maximum absolute atomic E-state index is 12.1. The van der Waals surface area contributed by atoms with Crippen molar-refractivity contribution in [3.63, 3.8) is 0 Å². The van der Waals surface area contributed by atoms with Gasteiger partial charge >= 0.3 is 6.09 Å². The first-order valence-electron chi connectivity index (χ1n) is 10.7. The molecule has 0 saturated carbocycles. The monoisotopic (exact) mass is 435 g/mol. The van der Waals surface area contributed by atoms with Crippen LogP contribution in [0.4, 0.5) is 4.79 Å². The summed E-state index contributed by atoms with van der Waals surface area (Å²) >= 11 is 0. The third-order valence-corrected chi connectivity index (χ3v) is 4.64. The molecule has 0 aliphatic rings. The summed E-state index contributed by atoms with van der Waals surface area (Å²) in [5, 5.41) is 2.78. The van der Waals surface area contributed by atoms with Crippen molar-refractivity contribution in [2.45, 2.75) is 90.6 Å². The standard InChI is InChI=1S/C23H37N3O5/c1-16(19(13-14-21(25)28)26-22(29)31-23(2,3)4)30-15-18-11-9-17(10-12-18)7-5-6-8-20(24)27/h9-12,16,19H,5-8,13-15H2,1-4H3,(H2,24,27)(H2,25,28)(H,26,29)/t16-,19?/m1/s1. The number of benzene rings is 1. The summed E-state index contributed by atoms with van der Waals surface area (Å²) in [6.07, 6.45) is 2.60. The van der Waals surface area contributed by atoms with E-state index < -0.39 is 23.6 Å². The van der Waals surface area contributed by atoms with Crippen LogP contribution in [0.2, 0.25) is 0 Å². The normalized spacial score (nSPS) is 13.3. The van der Waals surface area contributed by atoms with Crippen molar-refractivity contribution in [2.24, 2.45) is 11.5 Å². The van der Waals surface area contributed by atoms with E-state index in [4.69, 9.17) is 20.9 Å². The first kappa shape index (κ1) is 26.4. The van der Waals surface area contributed by atoms with Gasteiger partial charge in [0.1, 0.15) is 5.60 Å². The summed E-state index contributed by atoms with van der Waals surface area (Å²) in [5.74, 6) is -0.702. The van der Waals surface area contributed by atoms with Gasteiger partial charge in [0.2, 0.25) is 11.8 Å². The minimum atomic E-state index is -0.621. The Morgan fingerprint density at radius 2 is 1.55 bits per heavy atom. The zero-order chi connectivity index (χ0) is 23.4. The molecule has 8 heteroatoms. The lowest BCUT2D eigenvalue weighted by Crippen LogP contribution is -2.45. The highest BCUT2D eigenvalue weighted by Gasteiger charge is 2.24. The summed E-state index contributed by atoms with van der Waals surface area (Å²) in [4.78, 5) is 34.1. The molecule has 0 bridgehead atoms. The number of ether oxygens (including phenoxy) is 2. The van der Waals surface area contributed by atoms with E-state index in [1.54, 1.807) is 20.8 Å². The first-order valence-corrected chi connectivity index (χ1v) is 10.7. The summed E-state index contributed by atoms with van der Waals surface area (Å²) < 4.78 is 11.3. The molecule has 1 unspecified atom stereocenters. The van der Waals surface area contributed by atoms with Gasteiger partial charge in [0.05, 0.1) is 18.8 Å². The zero-order valence-electron chi connectivity index (χ0n) is 19.1. The predicted octanol–water partition coefficient (Wildman–Crippen LogP) is 2.95. The summed E-state index contributed by atoms with van der Waals surface area (Å²) in [6.45, 7) is 7.56. The fraction of sp³-hybridized carbons (Fsp3) is 0.609. The number of carbonyl (C=O) groups is 3. The number of rotatable bonds is 13. The Labute approximate surface area is 185 Å². The van der Waals surface area contributed by atoms with Gasteiger partial charge in [-0.15, -0.1) is 0 Å². The lowest BCUT2D eigenvalue weighted by Gasteiger charge is -2.27. The van der Waals surface area contributed by atoms with Crippen molar-refractivity contribution in [1.82, 2.24) is 5.32 Å². The van der Waals surface area contributed by atoms with Crippen LogP contribution in [-0.2, 0) is 32.1 Å². The van der Waals surface area contributed by atoms with Crippen molar-refractivity contribution in [3.8, 4) is 0 Å². The van der Waals surface area contributed by atoms with Crippen LogP contribution in [0.5, 0.6) is 0 Å². The molecule has 1 aromatic carbocycles. The number of nitrogens with two attached hydrogens (primary N) is 2. The number of amides is 3. The lowest BCUT2D eigenvalue weighted by molar-refractivity contribution is -0.119. The molecule has 0 aliphatic carbocycles. The van der Waals surface area contributed by atoms with Crippen molar-refractivity contribution in [3.05, 3.63) is 35.4 Å². The van der Waals surface area contributed by atoms with Crippen molar-refractivity contribution in [1.29, 1.82) is 0 Å². The molecule has 0 saturated heterocycles. The molecular weight excluding hydrogens is 398 g/mol. The van der Waals surface area contributed by atoms with Gasteiger partial charge in [-0.2, -0.15) is 0 Å². The van der Waals surface area contributed by atoms with Crippen LogP contribution in [0.1, 0.15) is 70.9 Å². The second-order valence-electron chi connectivity index (χ2n) is 8.76. The molecule has 31 heavy (non-hydrogen) atoms. The summed E-state index contributed by atoms with van der Waals surface area (Å²) in [7, 11) is 0. The number of hydrogen-bond donors (Lipinski definition) is 3. The quantitative estimate of drug-likeness (QED) is 0.410. The molecule has 0 aliphatic heterocycles. The number of primary amides is 2. The molecule has 1 rings (SSSR count). The minimum absolute atomic E-state index is 0.138. The van der Waals surface area contributed by atoms with Gasteiger partial charge in [-0.3, -0.25) is 9.59 Å². The minimum Gasteiger partial charge on any atom is -0.444 e. The van der Waals surface area contributed by atoms with Gasteiger partial charge < -0.3 is 26.3 Å². The number of carbonyl (C=O) groups excluding carboxylic acids is 3. The van der Waals surface area contributed by atoms with E-state index in [-0.39, 0.29) is 18.4 Å². The summed E-state index contributed by atoms with van der Waals surface area (Å²) in [5.41, 5.74) is 12.0. The van der Waals surface area contributed by atoms with E-state index in [2.05, 4.69) is 5.32 Å². The van der Waals surface area contributed by atoms with E-state index in [9.17, 15) is 14.4 Å². The average Bonchev–Trinajstić information content (AvgIpc) is 2.65. The molecule has 8 nitrogen and oxygen atoms in total.